The number of likely N-dealkylation sites (tertiary alicyclic amines) is 1. The van der Waals surface area contributed by atoms with Crippen LogP contribution in [-0.2, 0) is 11.8 Å². The number of hydrogen-bond donors (Lipinski definition) is 2. The predicted octanol–water partition coefficient (Wildman–Crippen LogP) is 1.39. The van der Waals surface area contributed by atoms with Gasteiger partial charge in [0.2, 0.25) is 0 Å². The molecule has 1 fully saturated rings. The van der Waals surface area contributed by atoms with Gasteiger partial charge in [-0.25, -0.2) is 0 Å². The molecule has 0 aliphatic carbocycles. The highest BCUT2D eigenvalue weighted by Gasteiger charge is 2.35. The maximum absolute atomic E-state index is 12.3. The summed E-state index contributed by atoms with van der Waals surface area (Å²) in [7, 11) is 1.79. The second-order valence-corrected chi connectivity index (χ2v) is 6.65. The first-order valence-corrected chi connectivity index (χ1v) is 8.10. The summed E-state index contributed by atoms with van der Waals surface area (Å²) < 4.78 is 1.61. The third-order valence-corrected chi connectivity index (χ3v) is 4.45. The second kappa shape index (κ2) is 9.03. The molecule has 2 N–H and O–H groups in total. The monoisotopic (exact) mass is 358 g/mol. The molecule has 0 unspecified atom stereocenters. The van der Waals surface area contributed by atoms with Crippen molar-refractivity contribution in [3.05, 3.63) is 18.0 Å². The van der Waals surface area contributed by atoms with Gasteiger partial charge in [-0.2, -0.15) is 5.10 Å². The molecule has 1 aromatic rings. The first-order chi connectivity index (χ1) is 10.9. The molecular weight excluding hydrogens is 332 g/mol. The zero-order valence-corrected chi connectivity index (χ0v) is 15.3. The van der Waals surface area contributed by atoms with Crippen molar-refractivity contribution in [1.82, 2.24) is 20.0 Å². The van der Waals surface area contributed by atoms with Gasteiger partial charge < -0.3 is 15.3 Å². The van der Waals surface area contributed by atoms with Gasteiger partial charge in [0.25, 0.3) is 5.91 Å². The molecule has 1 amide bonds. The number of carboxylic acids is 1. The van der Waals surface area contributed by atoms with Gasteiger partial charge in [-0.1, -0.05) is 13.8 Å². The lowest BCUT2D eigenvalue weighted by atomic mass is 9.91. The molecule has 0 bridgehead atoms. The average molecular weight is 359 g/mol. The summed E-state index contributed by atoms with van der Waals surface area (Å²) in [4.78, 5) is 25.2. The van der Waals surface area contributed by atoms with E-state index in [1.807, 2.05) is 0 Å². The van der Waals surface area contributed by atoms with Gasteiger partial charge in [0.15, 0.2) is 0 Å². The van der Waals surface area contributed by atoms with Crippen LogP contribution >= 0.6 is 12.4 Å². The average Bonchev–Trinajstić information content (AvgIpc) is 3.05. The molecule has 0 saturated carbocycles. The molecule has 1 aromatic heterocycles. The first kappa shape index (κ1) is 20.4. The third-order valence-electron chi connectivity index (χ3n) is 4.45. The van der Waals surface area contributed by atoms with E-state index in [9.17, 15) is 9.59 Å². The van der Waals surface area contributed by atoms with E-state index in [2.05, 4.69) is 29.2 Å². The first-order valence-electron chi connectivity index (χ1n) is 8.10. The van der Waals surface area contributed by atoms with Gasteiger partial charge >= 0.3 is 5.97 Å². The quantitative estimate of drug-likeness (QED) is 0.769. The summed E-state index contributed by atoms with van der Waals surface area (Å²) in [6.45, 7) is 6.75. The number of carbonyl (C=O) groups excluding carboxylic acids is 1. The molecule has 1 saturated heterocycles. The number of halogens is 1. The third kappa shape index (κ3) is 5.49. The minimum Gasteiger partial charge on any atom is -0.481 e. The lowest BCUT2D eigenvalue weighted by Gasteiger charge is -2.22. The molecule has 2 heterocycles. The molecule has 2 atom stereocenters. The standard InChI is InChI=1S/C16H26N4O3.ClH/c1-11(2)13-9-20(6-4-5-15(21)22)10-14(13)18-16(23)12-7-17-19(3)8-12;/h7-8,11,13-14H,4-6,9-10H2,1-3H3,(H,18,23)(H,21,22);1H/t13-,14+;/m1./s1. The van der Waals surface area contributed by atoms with Crippen LogP contribution in [-0.4, -0.2) is 57.3 Å². The van der Waals surface area contributed by atoms with Gasteiger partial charge in [-0.3, -0.25) is 14.3 Å². The van der Waals surface area contributed by atoms with Crippen molar-refractivity contribution >= 4 is 24.3 Å². The van der Waals surface area contributed by atoms with Crippen molar-refractivity contribution in [3.63, 3.8) is 0 Å². The number of nitrogens with one attached hydrogen (secondary N) is 1. The van der Waals surface area contributed by atoms with Crippen molar-refractivity contribution < 1.29 is 14.7 Å². The van der Waals surface area contributed by atoms with E-state index in [4.69, 9.17) is 5.11 Å². The molecule has 1 aliphatic heterocycles. The predicted molar refractivity (Wildman–Crippen MR) is 93.3 cm³/mol. The molecule has 1 aliphatic rings. The maximum Gasteiger partial charge on any atom is 0.303 e. The van der Waals surface area contributed by atoms with Gasteiger partial charge in [0.05, 0.1) is 11.8 Å². The van der Waals surface area contributed by atoms with Gasteiger partial charge in [-0.15, -0.1) is 12.4 Å². The van der Waals surface area contributed by atoms with Crippen LogP contribution in [0.15, 0.2) is 12.4 Å². The van der Waals surface area contributed by atoms with Crippen molar-refractivity contribution in [2.24, 2.45) is 18.9 Å². The van der Waals surface area contributed by atoms with Crippen molar-refractivity contribution in [2.45, 2.75) is 32.7 Å². The number of amides is 1. The van der Waals surface area contributed by atoms with Crippen LogP contribution in [0.25, 0.3) is 0 Å². The number of hydrogen-bond acceptors (Lipinski definition) is 4. The highest BCUT2D eigenvalue weighted by atomic mass is 35.5. The fourth-order valence-electron chi connectivity index (χ4n) is 3.17. The van der Waals surface area contributed by atoms with E-state index in [-0.39, 0.29) is 30.8 Å². The van der Waals surface area contributed by atoms with Gasteiger partial charge in [-0.05, 0) is 24.8 Å². The number of carboxylic acid groups (broad SMARTS) is 1. The Morgan fingerprint density at radius 2 is 2.12 bits per heavy atom. The lowest BCUT2D eigenvalue weighted by molar-refractivity contribution is -0.137. The lowest BCUT2D eigenvalue weighted by Crippen LogP contribution is -2.42. The van der Waals surface area contributed by atoms with E-state index in [0.717, 1.165) is 19.6 Å². The summed E-state index contributed by atoms with van der Waals surface area (Å²) >= 11 is 0. The Hall–Kier alpha value is -1.60. The second-order valence-electron chi connectivity index (χ2n) is 6.65. The van der Waals surface area contributed by atoms with Crippen LogP contribution in [0.2, 0.25) is 0 Å². The Morgan fingerprint density at radius 3 is 2.67 bits per heavy atom. The van der Waals surface area contributed by atoms with Crippen LogP contribution < -0.4 is 5.32 Å². The number of rotatable bonds is 7. The zero-order valence-electron chi connectivity index (χ0n) is 14.4. The minimum absolute atomic E-state index is 0. The fraction of sp³-hybridized carbons (Fsp3) is 0.688. The normalized spacial score (nSPS) is 20.8. The summed E-state index contributed by atoms with van der Waals surface area (Å²) in [5.74, 6) is -0.0219. The van der Waals surface area contributed by atoms with E-state index < -0.39 is 5.97 Å². The molecular formula is C16H27ClN4O3. The number of aliphatic carboxylic acids is 1. The van der Waals surface area contributed by atoms with Crippen LogP contribution in [0.4, 0.5) is 0 Å². The van der Waals surface area contributed by atoms with Crippen molar-refractivity contribution in [1.29, 1.82) is 0 Å². The van der Waals surface area contributed by atoms with Crippen LogP contribution in [0.1, 0.15) is 37.0 Å². The van der Waals surface area contributed by atoms with Crippen molar-refractivity contribution in [3.8, 4) is 0 Å². The van der Waals surface area contributed by atoms with E-state index in [0.29, 0.717) is 23.8 Å². The minimum atomic E-state index is -0.758. The number of aromatic nitrogens is 2. The topological polar surface area (TPSA) is 87.5 Å². The summed E-state index contributed by atoms with van der Waals surface area (Å²) in [5, 5.41) is 15.9. The number of nitrogens with zero attached hydrogens (tertiary/aromatic N) is 3. The Labute approximate surface area is 148 Å². The van der Waals surface area contributed by atoms with Gasteiger partial charge in [0, 0.05) is 38.8 Å². The molecule has 136 valence electrons. The Morgan fingerprint density at radius 1 is 1.42 bits per heavy atom. The summed E-state index contributed by atoms with van der Waals surface area (Å²) in [6, 6.07) is 0.0903. The van der Waals surface area contributed by atoms with Crippen LogP contribution in [0.5, 0.6) is 0 Å². The molecule has 0 spiro atoms. The highest BCUT2D eigenvalue weighted by molar-refractivity contribution is 5.93. The van der Waals surface area contributed by atoms with Crippen LogP contribution in [0, 0.1) is 11.8 Å². The molecule has 7 nitrogen and oxygen atoms in total. The van der Waals surface area contributed by atoms with Crippen molar-refractivity contribution in [2.75, 3.05) is 19.6 Å². The fourth-order valence-corrected chi connectivity index (χ4v) is 3.17. The molecule has 0 radical (unpaired) electrons. The number of aryl methyl sites for hydroxylation is 1. The summed E-state index contributed by atoms with van der Waals surface area (Å²) in [6.07, 6.45) is 4.11. The Bertz CT molecular complexity index is 561. The summed E-state index contributed by atoms with van der Waals surface area (Å²) in [5.41, 5.74) is 0.569. The Balaban J connectivity index is 0.00000288. The van der Waals surface area contributed by atoms with Crippen LogP contribution in [0.3, 0.4) is 0 Å². The highest BCUT2D eigenvalue weighted by Crippen LogP contribution is 2.25. The number of carbonyl (C=O) groups is 2. The Kier molecular flexibility index (Phi) is 7.69. The largest absolute Gasteiger partial charge is 0.481 e. The van der Waals surface area contributed by atoms with E-state index >= 15 is 0 Å². The van der Waals surface area contributed by atoms with E-state index in [1.54, 1.807) is 24.1 Å². The molecule has 8 heteroatoms. The van der Waals surface area contributed by atoms with E-state index in [1.165, 1.54) is 0 Å². The van der Waals surface area contributed by atoms with Gasteiger partial charge in [0.1, 0.15) is 0 Å². The molecule has 0 aromatic carbocycles. The smallest absolute Gasteiger partial charge is 0.303 e. The maximum atomic E-state index is 12.3. The zero-order chi connectivity index (χ0) is 17.0. The molecule has 24 heavy (non-hydrogen) atoms. The molecule has 2 rings (SSSR count). The SMILES string of the molecule is CC(C)[C@H]1CN(CCCC(=O)O)C[C@@H]1NC(=O)c1cnn(C)c1.Cl.